The lowest BCUT2D eigenvalue weighted by atomic mass is 9.47. The Kier molecular flexibility index (Phi) is 19.3. The van der Waals surface area contributed by atoms with Gasteiger partial charge in [-0.15, -0.1) is 0 Å². The van der Waals surface area contributed by atoms with E-state index < -0.39 is 65.7 Å². The highest BCUT2D eigenvalue weighted by atomic mass is 16.5. The number of carbonyl (C=O) groups is 8. The number of likely N-dealkylation sites (tertiary alicyclic amines) is 3. The van der Waals surface area contributed by atoms with E-state index in [-0.39, 0.29) is 55.7 Å². The minimum Gasteiger partial charge on any atom is -0.461 e. The summed E-state index contributed by atoms with van der Waals surface area (Å²) in [5, 5.41) is 8.35. The zero-order valence-corrected chi connectivity index (χ0v) is 48.2. The monoisotopic (exact) mass is 1080 g/mol. The van der Waals surface area contributed by atoms with Crippen LogP contribution in [0.4, 0.5) is 0 Å². The number of amides is 7. The molecule has 6 fully saturated rings. The third-order valence-electron chi connectivity index (χ3n) is 20.3. The maximum absolute atomic E-state index is 14.3. The minimum atomic E-state index is -1.27. The van der Waals surface area contributed by atoms with Gasteiger partial charge >= 0.3 is 5.97 Å². The third-order valence-corrected chi connectivity index (χ3v) is 20.3. The Bertz CT molecular complexity index is 2350. The van der Waals surface area contributed by atoms with Crippen LogP contribution in [0.5, 0.6) is 0 Å². The molecule has 0 unspecified atom stereocenters. The van der Waals surface area contributed by atoms with Crippen LogP contribution < -0.4 is 21.7 Å². The number of nitrogens with two attached hydrogens (primary N) is 1. The number of carbonyl (C=O) groups excluding carboxylic acids is 8. The van der Waals surface area contributed by atoms with Gasteiger partial charge in [-0.05, 0) is 149 Å². The first-order valence-corrected chi connectivity index (χ1v) is 30.3. The topological polar surface area (TPSA) is 221 Å². The number of nitrogens with one attached hydrogen (secondary N) is 3. The fraction of sp³-hybridized carbons (Fsp3) is 0.770. The van der Waals surface area contributed by atoms with E-state index in [0.717, 1.165) is 49.4 Å². The van der Waals surface area contributed by atoms with Crippen molar-refractivity contribution in [3.63, 3.8) is 0 Å². The average Bonchev–Trinajstić information content (AvgIpc) is 4.39. The number of esters is 1. The van der Waals surface area contributed by atoms with Gasteiger partial charge in [-0.3, -0.25) is 38.4 Å². The lowest BCUT2D eigenvalue weighted by Gasteiger charge is -2.58. The van der Waals surface area contributed by atoms with Crippen molar-refractivity contribution in [1.82, 2.24) is 35.6 Å². The highest BCUT2D eigenvalue weighted by Crippen LogP contribution is 2.67. The fourth-order valence-corrected chi connectivity index (χ4v) is 16.2. The summed E-state index contributed by atoms with van der Waals surface area (Å²) in [6.45, 7) is 14.8. The number of rotatable bonds is 21. The van der Waals surface area contributed by atoms with Crippen LogP contribution in [0.2, 0.25) is 0 Å². The van der Waals surface area contributed by atoms with Gasteiger partial charge in [0.15, 0.2) is 0 Å². The Morgan fingerprint density at radius 2 is 1.46 bits per heavy atom. The molecule has 17 heteroatoms. The van der Waals surface area contributed by atoms with Crippen LogP contribution >= 0.6 is 0 Å². The smallest absolute Gasteiger partial charge is 0.325 e. The van der Waals surface area contributed by atoms with Crippen LogP contribution in [0.15, 0.2) is 35.7 Å². The Labute approximate surface area is 464 Å². The molecule has 8 rings (SSSR count). The van der Waals surface area contributed by atoms with Crippen LogP contribution in [-0.2, 0) is 43.1 Å². The summed E-state index contributed by atoms with van der Waals surface area (Å²) in [5.41, 5.74) is 7.97. The number of hydrogen-bond acceptors (Lipinski definition) is 10. The Balaban J connectivity index is 0.827. The Morgan fingerprint density at radius 3 is 2.17 bits per heavy atom. The third kappa shape index (κ3) is 12.7. The SMILES string of the molecule is CCC[C@H](NC(=O)[C@H](CCC(N)=O)NC(=O)[C@@H]1CCCN1C(=O)[C@@H]1CCCN1C(=O)C1=CCC=CN1C)C(=O)N1CCC[C@H]1C(=O)NCC(=O)O[C@H]1CC[C@@]2(C)C(=CC[C@H]3[C@@H]4CC[C@H]([C@H](C)CCCC(C)C)[C@@]4(C)CC[C@@H]32)C1. The highest BCUT2D eigenvalue weighted by Gasteiger charge is 2.59. The number of nitrogens with zero attached hydrogens (tertiary/aromatic N) is 4. The lowest BCUT2D eigenvalue weighted by molar-refractivity contribution is -0.152. The number of fused-ring (bicyclic) bond motifs is 5. The molecule has 0 aromatic rings. The van der Waals surface area contributed by atoms with Crippen LogP contribution in [0.25, 0.3) is 0 Å². The lowest BCUT2D eigenvalue weighted by Crippen LogP contribution is -2.59. The summed E-state index contributed by atoms with van der Waals surface area (Å²) in [6.07, 6.45) is 24.6. The molecule has 0 spiro atoms. The van der Waals surface area contributed by atoms with E-state index in [2.05, 4.69) is 56.6 Å². The molecular weight excluding hydrogens is 989 g/mol. The van der Waals surface area contributed by atoms with Crippen molar-refractivity contribution in [2.75, 3.05) is 33.2 Å². The molecule has 7 amide bonds. The largest absolute Gasteiger partial charge is 0.461 e. The van der Waals surface area contributed by atoms with Gasteiger partial charge in [0.1, 0.15) is 48.6 Å². The molecule has 4 heterocycles. The average molecular weight is 1080 g/mol. The van der Waals surface area contributed by atoms with Crippen LogP contribution in [0, 0.1) is 46.3 Å². The predicted molar refractivity (Wildman–Crippen MR) is 297 cm³/mol. The van der Waals surface area contributed by atoms with E-state index in [1.165, 1.54) is 60.3 Å². The van der Waals surface area contributed by atoms with Crippen LogP contribution in [0.1, 0.15) is 183 Å². The van der Waals surface area contributed by atoms with E-state index in [0.29, 0.717) is 87.4 Å². The fourth-order valence-electron chi connectivity index (χ4n) is 16.2. The van der Waals surface area contributed by atoms with Gasteiger partial charge in [0.05, 0.1) is 0 Å². The van der Waals surface area contributed by atoms with Crippen molar-refractivity contribution >= 4 is 47.3 Å². The summed E-state index contributed by atoms with van der Waals surface area (Å²) in [6, 6.07) is -4.84. The minimum absolute atomic E-state index is 0.109. The van der Waals surface area contributed by atoms with Crippen LogP contribution in [-0.4, -0.2) is 136 Å². The molecule has 3 saturated carbocycles. The molecule has 5 N–H and O–H groups in total. The summed E-state index contributed by atoms with van der Waals surface area (Å²) in [7, 11) is 1.79. The number of allylic oxidation sites excluding steroid dienone is 3. The summed E-state index contributed by atoms with van der Waals surface area (Å²) in [5.74, 6) is 0.513. The molecule has 4 aliphatic carbocycles. The second-order valence-electron chi connectivity index (χ2n) is 25.6. The van der Waals surface area contributed by atoms with Gasteiger partial charge in [-0.1, -0.05) is 91.0 Å². The molecule has 4 aliphatic heterocycles. The van der Waals surface area contributed by atoms with Gasteiger partial charge in [0.2, 0.25) is 35.4 Å². The standard InChI is InChI=1S/C61H94N8O9/c1-8-15-47(65-54(72)46(26-27-52(62)70)64-56(74)49-20-13-34-68(49)59(77)51-21-14-35-69(51)58(76)50-18-9-10-32-66(50)7)57(75)67-33-12-19-48(67)55(73)63-37-53(71)78-41-28-30-60(5)40(36-41)22-23-42-44-25-24-43(39(4)17-11-16-38(2)3)61(44,6)31-29-45(42)60/h10,18,22,32,38-39,41-49,51H,8-9,11-17,19-21,23-31,33-37H2,1-7H3,(H2,62,70)(H,63,73)(H,64,74)(H,65,72)/t39-,41+,42+,43-,44+,45+,46+,47+,48+,49+,51+,60+,61-/m1/s1. The maximum Gasteiger partial charge on any atom is 0.325 e. The van der Waals surface area contributed by atoms with E-state index in [1.807, 2.05) is 25.3 Å². The second-order valence-corrected chi connectivity index (χ2v) is 25.6. The van der Waals surface area contributed by atoms with E-state index in [1.54, 1.807) is 16.8 Å². The molecule has 432 valence electrons. The molecule has 3 saturated heterocycles. The first-order chi connectivity index (χ1) is 37.2. The Morgan fingerprint density at radius 1 is 0.756 bits per heavy atom. The highest BCUT2D eigenvalue weighted by molar-refractivity contribution is 5.99. The van der Waals surface area contributed by atoms with Crippen LogP contribution in [0.3, 0.4) is 0 Å². The quantitative estimate of drug-likeness (QED) is 0.0696. The molecule has 17 nitrogen and oxygen atoms in total. The van der Waals surface area contributed by atoms with E-state index in [4.69, 9.17) is 10.5 Å². The van der Waals surface area contributed by atoms with Gasteiger partial charge in [-0.25, -0.2) is 0 Å². The van der Waals surface area contributed by atoms with Crippen molar-refractivity contribution in [2.24, 2.45) is 52.1 Å². The van der Waals surface area contributed by atoms with Crippen molar-refractivity contribution in [2.45, 2.75) is 219 Å². The zero-order chi connectivity index (χ0) is 56.1. The van der Waals surface area contributed by atoms with E-state index in [9.17, 15) is 38.4 Å². The number of hydrogen-bond donors (Lipinski definition) is 4. The second kappa shape index (κ2) is 25.5. The van der Waals surface area contributed by atoms with E-state index >= 15 is 0 Å². The number of likely N-dealkylation sites (N-methyl/N-ethyl adjacent to an activating group) is 1. The van der Waals surface area contributed by atoms with Gasteiger partial charge in [0, 0.05) is 45.7 Å². The number of primary amides is 1. The molecule has 78 heavy (non-hydrogen) atoms. The van der Waals surface area contributed by atoms with Gasteiger partial charge < -0.3 is 46.0 Å². The van der Waals surface area contributed by atoms with Gasteiger partial charge in [0.25, 0.3) is 5.91 Å². The first kappa shape index (κ1) is 58.9. The molecule has 0 bridgehead atoms. The van der Waals surface area contributed by atoms with Crippen molar-refractivity contribution in [3.8, 4) is 0 Å². The van der Waals surface area contributed by atoms with Crippen molar-refractivity contribution < 1.29 is 43.1 Å². The van der Waals surface area contributed by atoms with Crippen molar-refractivity contribution in [3.05, 3.63) is 35.7 Å². The molecule has 0 radical (unpaired) electrons. The summed E-state index contributed by atoms with van der Waals surface area (Å²) < 4.78 is 6.07. The molecular formula is C61H94N8O9. The zero-order valence-electron chi connectivity index (χ0n) is 48.2. The van der Waals surface area contributed by atoms with Gasteiger partial charge in [-0.2, -0.15) is 0 Å². The first-order valence-electron chi connectivity index (χ1n) is 30.3. The number of ether oxygens (including phenoxy) is 1. The Hall–Kier alpha value is -5.22. The molecule has 8 aliphatic rings. The predicted octanol–water partition coefficient (Wildman–Crippen LogP) is 6.80. The molecule has 13 atom stereocenters. The maximum atomic E-state index is 14.3. The van der Waals surface area contributed by atoms with Crippen molar-refractivity contribution in [1.29, 1.82) is 0 Å². The molecule has 0 aromatic heterocycles. The summed E-state index contributed by atoms with van der Waals surface area (Å²) in [4.78, 5) is 116. The normalized spacial score (nSPS) is 31.5. The molecule has 0 aromatic carbocycles. The summed E-state index contributed by atoms with van der Waals surface area (Å²) >= 11 is 0.